The molecule has 1 aromatic heterocycles. The predicted octanol–water partition coefficient (Wildman–Crippen LogP) is 2.17. The second-order valence-corrected chi connectivity index (χ2v) is 7.71. The molecule has 2 amide bonds. The Morgan fingerprint density at radius 2 is 1.91 bits per heavy atom. The molecule has 1 saturated heterocycles. The van der Waals surface area contributed by atoms with E-state index in [1.165, 1.54) is 29.2 Å². The third-order valence-corrected chi connectivity index (χ3v) is 5.36. The van der Waals surface area contributed by atoms with Crippen LogP contribution in [-0.2, 0) is 4.74 Å². The molecule has 1 atom stereocenters. The van der Waals surface area contributed by atoms with Crippen molar-refractivity contribution in [3.05, 3.63) is 62.7 Å². The highest BCUT2D eigenvalue weighted by atomic mass is 16.6. The van der Waals surface area contributed by atoms with Crippen molar-refractivity contribution in [1.82, 2.24) is 19.8 Å². The van der Waals surface area contributed by atoms with Crippen molar-refractivity contribution in [3.8, 4) is 0 Å². The first kappa shape index (κ1) is 23.8. The second kappa shape index (κ2) is 9.72. The van der Waals surface area contributed by atoms with Crippen molar-refractivity contribution in [3.63, 3.8) is 0 Å². The quantitative estimate of drug-likeness (QED) is 0.380. The van der Waals surface area contributed by atoms with Crippen molar-refractivity contribution < 1.29 is 24.0 Å². The zero-order valence-corrected chi connectivity index (χ0v) is 18.9. The van der Waals surface area contributed by atoms with Crippen LogP contribution in [0.5, 0.6) is 0 Å². The van der Waals surface area contributed by atoms with Crippen molar-refractivity contribution in [2.75, 3.05) is 26.2 Å². The largest absolute Gasteiger partial charge is 0.462 e. The summed E-state index contributed by atoms with van der Waals surface area (Å²) in [5.41, 5.74) is 0.418. The minimum Gasteiger partial charge on any atom is -0.462 e. The Balaban J connectivity index is 1.81. The number of piperazine rings is 1. The Morgan fingerprint density at radius 3 is 2.55 bits per heavy atom. The average Bonchev–Trinajstić information content (AvgIpc) is 2.77. The number of hydrogen-bond donors (Lipinski definition) is 0. The fourth-order valence-electron chi connectivity index (χ4n) is 3.83. The van der Waals surface area contributed by atoms with E-state index in [-0.39, 0.29) is 60.7 Å². The van der Waals surface area contributed by atoms with Gasteiger partial charge in [-0.05, 0) is 33.8 Å². The lowest BCUT2D eigenvalue weighted by molar-refractivity contribution is -0.384. The summed E-state index contributed by atoms with van der Waals surface area (Å²) in [5, 5.41) is 11.0. The van der Waals surface area contributed by atoms with Gasteiger partial charge in [-0.25, -0.2) is 14.8 Å². The summed E-state index contributed by atoms with van der Waals surface area (Å²) < 4.78 is 5.08. The van der Waals surface area contributed by atoms with Gasteiger partial charge in [0.15, 0.2) is 0 Å². The van der Waals surface area contributed by atoms with Crippen LogP contribution in [0.25, 0.3) is 0 Å². The Hall–Kier alpha value is -3.89. The Morgan fingerprint density at radius 1 is 1.18 bits per heavy atom. The van der Waals surface area contributed by atoms with Crippen molar-refractivity contribution >= 4 is 23.5 Å². The summed E-state index contributed by atoms with van der Waals surface area (Å²) in [6.45, 7) is 7.52. The van der Waals surface area contributed by atoms with Crippen LogP contribution in [0.4, 0.5) is 5.69 Å². The van der Waals surface area contributed by atoms with E-state index < -0.39 is 16.8 Å². The molecule has 174 valence electrons. The molecule has 1 aromatic carbocycles. The Labute approximate surface area is 190 Å². The van der Waals surface area contributed by atoms with Crippen LogP contribution in [0.2, 0.25) is 0 Å². The fraction of sp³-hybridized carbons (Fsp3) is 0.409. The fourth-order valence-corrected chi connectivity index (χ4v) is 3.83. The van der Waals surface area contributed by atoms with E-state index in [2.05, 4.69) is 9.97 Å². The van der Waals surface area contributed by atoms with Crippen LogP contribution in [-0.4, -0.2) is 74.8 Å². The molecule has 0 N–H and O–H groups in total. The number of aromatic nitrogens is 2. The number of nitro groups is 1. The van der Waals surface area contributed by atoms with Gasteiger partial charge in [-0.1, -0.05) is 6.07 Å². The van der Waals surface area contributed by atoms with Gasteiger partial charge in [0.05, 0.1) is 17.2 Å². The lowest BCUT2D eigenvalue weighted by Gasteiger charge is -2.40. The van der Waals surface area contributed by atoms with Crippen LogP contribution in [0.15, 0.2) is 24.3 Å². The first-order valence-corrected chi connectivity index (χ1v) is 10.5. The summed E-state index contributed by atoms with van der Waals surface area (Å²) >= 11 is 0. The van der Waals surface area contributed by atoms with Gasteiger partial charge in [-0.15, -0.1) is 0 Å². The lowest BCUT2D eigenvalue weighted by atomic mass is 10.1. The number of aryl methyl sites for hydroxylation is 2. The molecule has 1 aliphatic rings. The number of carbonyl (C=O) groups excluding carboxylic acids is 3. The number of rotatable bonds is 5. The van der Waals surface area contributed by atoms with Gasteiger partial charge in [0, 0.05) is 43.4 Å². The Bertz CT molecular complexity index is 1120. The standard InChI is InChI=1S/C22H25N5O6/c1-5-33-22(30)18-14(3)23-15(4)24-19(18)21(29)25-9-10-26(13(2)12-25)20(28)16-7-6-8-17(11-16)27(31)32/h6-8,11,13H,5,9-10,12H2,1-4H3. The number of non-ortho nitro benzene ring substituents is 1. The molecule has 11 heteroatoms. The lowest BCUT2D eigenvalue weighted by Crippen LogP contribution is -2.55. The summed E-state index contributed by atoms with van der Waals surface area (Å²) in [7, 11) is 0. The molecule has 0 radical (unpaired) electrons. The predicted molar refractivity (Wildman–Crippen MR) is 117 cm³/mol. The van der Waals surface area contributed by atoms with Crippen LogP contribution >= 0.6 is 0 Å². The number of hydrogen-bond acceptors (Lipinski definition) is 8. The zero-order chi connectivity index (χ0) is 24.3. The van der Waals surface area contributed by atoms with Crippen LogP contribution in [0, 0.1) is 24.0 Å². The number of esters is 1. The maximum Gasteiger partial charge on any atom is 0.342 e. The van der Waals surface area contributed by atoms with E-state index in [1.54, 1.807) is 32.6 Å². The van der Waals surface area contributed by atoms with Gasteiger partial charge >= 0.3 is 5.97 Å². The second-order valence-electron chi connectivity index (χ2n) is 7.71. The minimum atomic E-state index is -0.661. The SMILES string of the molecule is CCOC(=O)c1c(C)nc(C)nc1C(=O)N1CCN(C(=O)c2cccc([N+](=O)[O-])c2)C(C)C1. The zero-order valence-electron chi connectivity index (χ0n) is 18.9. The summed E-state index contributed by atoms with van der Waals surface area (Å²) in [6, 6.07) is 5.20. The molecule has 2 aromatic rings. The molecule has 33 heavy (non-hydrogen) atoms. The highest BCUT2D eigenvalue weighted by molar-refractivity contribution is 6.04. The van der Waals surface area contributed by atoms with Gasteiger partial charge in [0.1, 0.15) is 17.1 Å². The van der Waals surface area contributed by atoms with E-state index >= 15 is 0 Å². The highest BCUT2D eigenvalue weighted by Gasteiger charge is 2.34. The number of ether oxygens (including phenoxy) is 1. The summed E-state index contributed by atoms with van der Waals surface area (Å²) in [5.74, 6) is -1.09. The molecule has 0 aliphatic carbocycles. The molecule has 0 bridgehead atoms. The molecule has 1 fully saturated rings. The molecule has 3 rings (SSSR count). The van der Waals surface area contributed by atoms with Crippen LogP contribution in [0.1, 0.15) is 56.6 Å². The molecule has 1 aliphatic heterocycles. The summed E-state index contributed by atoms with van der Waals surface area (Å²) in [6.07, 6.45) is 0. The molecule has 0 spiro atoms. The van der Waals surface area contributed by atoms with Gasteiger partial charge < -0.3 is 14.5 Å². The van der Waals surface area contributed by atoms with E-state index in [0.29, 0.717) is 11.5 Å². The molecule has 2 heterocycles. The van der Waals surface area contributed by atoms with E-state index in [0.717, 1.165) is 0 Å². The average molecular weight is 455 g/mol. The summed E-state index contributed by atoms with van der Waals surface area (Å²) in [4.78, 5) is 60.7. The van der Waals surface area contributed by atoms with Crippen molar-refractivity contribution in [2.24, 2.45) is 0 Å². The van der Waals surface area contributed by atoms with Gasteiger partial charge in [0.2, 0.25) is 0 Å². The van der Waals surface area contributed by atoms with Crippen LogP contribution < -0.4 is 0 Å². The van der Waals surface area contributed by atoms with Gasteiger partial charge in [-0.3, -0.25) is 19.7 Å². The number of nitro benzene ring substituents is 1. The van der Waals surface area contributed by atoms with Crippen molar-refractivity contribution in [1.29, 1.82) is 0 Å². The number of benzene rings is 1. The molecular weight excluding hydrogens is 430 g/mol. The minimum absolute atomic E-state index is 0.0240. The Kier molecular flexibility index (Phi) is 7.00. The molecule has 11 nitrogen and oxygen atoms in total. The maximum absolute atomic E-state index is 13.3. The number of nitrogens with zero attached hydrogens (tertiary/aromatic N) is 5. The van der Waals surface area contributed by atoms with Gasteiger partial charge in [0.25, 0.3) is 17.5 Å². The monoisotopic (exact) mass is 455 g/mol. The van der Waals surface area contributed by atoms with Gasteiger partial charge in [-0.2, -0.15) is 0 Å². The number of amides is 2. The third-order valence-electron chi connectivity index (χ3n) is 5.36. The topological polar surface area (TPSA) is 136 Å². The van der Waals surface area contributed by atoms with E-state index in [9.17, 15) is 24.5 Å². The highest BCUT2D eigenvalue weighted by Crippen LogP contribution is 2.21. The smallest absolute Gasteiger partial charge is 0.342 e. The van der Waals surface area contributed by atoms with E-state index in [1.807, 2.05) is 0 Å². The maximum atomic E-state index is 13.3. The normalized spacial score (nSPS) is 15.8. The number of carbonyl (C=O) groups is 3. The molecular formula is C22H25N5O6. The third kappa shape index (κ3) is 4.97. The first-order valence-electron chi connectivity index (χ1n) is 10.5. The van der Waals surface area contributed by atoms with Crippen molar-refractivity contribution in [2.45, 2.75) is 33.7 Å². The van der Waals surface area contributed by atoms with Crippen LogP contribution in [0.3, 0.4) is 0 Å². The first-order chi connectivity index (χ1) is 15.6. The molecule has 0 saturated carbocycles. The molecule has 1 unspecified atom stereocenters. The van der Waals surface area contributed by atoms with E-state index in [4.69, 9.17) is 4.74 Å².